The third kappa shape index (κ3) is 4.69. The molecule has 108 valence electrons. The number of rotatable bonds is 8. The summed E-state index contributed by atoms with van der Waals surface area (Å²) >= 11 is 0. The third-order valence-electron chi connectivity index (χ3n) is 2.27. The minimum absolute atomic E-state index is 0.0423. The van der Waals surface area contributed by atoms with E-state index in [1.807, 2.05) is 0 Å². The molecule has 7 heteroatoms. The highest BCUT2D eigenvalue weighted by atomic mass is 16.6. The van der Waals surface area contributed by atoms with Crippen molar-refractivity contribution in [1.29, 1.82) is 0 Å². The van der Waals surface area contributed by atoms with Crippen molar-refractivity contribution in [3.05, 3.63) is 0 Å². The van der Waals surface area contributed by atoms with Gasteiger partial charge < -0.3 is 19.6 Å². The molecule has 0 unspecified atom stereocenters. The summed E-state index contributed by atoms with van der Waals surface area (Å²) in [5.74, 6) is -2.44. The molecule has 0 atom stereocenters. The van der Waals surface area contributed by atoms with Crippen molar-refractivity contribution in [2.75, 3.05) is 13.2 Å². The van der Waals surface area contributed by atoms with Gasteiger partial charge in [0.15, 0.2) is 0 Å². The number of carbonyl (C=O) groups excluding carboxylic acids is 4. The number of amides is 1. The quantitative estimate of drug-likeness (QED) is 0.379. The molecule has 0 aromatic heterocycles. The molecule has 1 N–H and O–H groups in total. The van der Waals surface area contributed by atoms with Crippen LogP contribution in [0.2, 0.25) is 0 Å². The zero-order valence-corrected chi connectivity index (χ0v) is 11.4. The Morgan fingerprint density at radius 1 is 1.11 bits per heavy atom. The molecule has 0 aromatic carbocycles. The second-order valence-corrected chi connectivity index (χ2v) is 3.73. The van der Waals surface area contributed by atoms with Crippen LogP contribution >= 0.6 is 0 Å². The van der Waals surface area contributed by atoms with Gasteiger partial charge in [0, 0.05) is 13.3 Å². The maximum Gasteiger partial charge on any atom is 0.343 e. The summed E-state index contributed by atoms with van der Waals surface area (Å²) < 4.78 is 9.60. The number of esters is 2. The van der Waals surface area contributed by atoms with E-state index in [1.54, 1.807) is 13.8 Å². The van der Waals surface area contributed by atoms with Crippen molar-refractivity contribution in [2.45, 2.75) is 39.2 Å². The van der Waals surface area contributed by atoms with Gasteiger partial charge in [-0.3, -0.25) is 4.79 Å². The lowest BCUT2D eigenvalue weighted by Gasteiger charge is -2.29. The second kappa shape index (κ2) is 8.23. The molecular weight excluding hydrogens is 254 g/mol. The van der Waals surface area contributed by atoms with E-state index in [4.69, 9.17) is 9.47 Å². The molecule has 0 aliphatic rings. The third-order valence-corrected chi connectivity index (χ3v) is 2.27. The first kappa shape index (κ1) is 17.1. The largest absolute Gasteiger partial charge is 0.464 e. The van der Waals surface area contributed by atoms with Crippen LogP contribution in [-0.4, -0.2) is 42.9 Å². The predicted molar refractivity (Wildman–Crippen MR) is 65.1 cm³/mol. The van der Waals surface area contributed by atoms with Crippen molar-refractivity contribution in [3.8, 4) is 0 Å². The zero-order chi connectivity index (χ0) is 14.9. The molecule has 0 saturated carbocycles. The Bertz CT molecular complexity index is 334. The summed E-state index contributed by atoms with van der Waals surface area (Å²) in [6, 6.07) is 0. The second-order valence-electron chi connectivity index (χ2n) is 3.73. The van der Waals surface area contributed by atoms with Gasteiger partial charge in [0.2, 0.25) is 11.4 Å². The van der Waals surface area contributed by atoms with Crippen molar-refractivity contribution in [3.63, 3.8) is 0 Å². The number of hydrogen-bond acceptors (Lipinski definition) is 6. The molecule has 0 aliphatic heterocycles. The van der Waals surface area contributed by atoms with Gasteiger partial charge in [0.1, 0.15) is 6.29 Å². The Morgan fingerprint density at radius 3 is 1.89 bits per heavy atom. The first-order valence-corrected chi connectivity index (χ1v) is 6.01. The molecule has 19 heavy (non-hydrogen) atoms. The normalized spacial score (nSPS) is 10.5. The first-order chi connectivity index (χ1) is 8.94. The predicted octanol–water partition coefficient (Wildman–Crippen LogP) is -0.0334. The van der Waals surface area contributed by atoms with Gasteiger partial charge in [0.05, 0.1) is 13.2 Å². The van der Waals surface area contributed by atoms with Gasteiger partial charge in [-0.25, -0.2) is 9.59 Å². The van der Waals surface area contributed by atoms with Crippen molar-refractivity contribution >= 4 is 24.1 Å². The molecule has 0 rings (SSSR count). The minimum Gasteiger partial charge on any atom is -0.464 e. The standard InChI is InChI=1S/C12H19NO6/c1-4-18-10(16)12(7-6-8-14,13-9(3)15)11(17)19-5-2/h8H,4-7H2,1-3H3,(H,13,15). The number of nitrogens with one attached hydrogen (secondary N) is 1. The van der Waals surface area contributed by atoms with Crippen LogP contribution in [0.25, 0.3) is 0 Å². The lowest BCUT2D eigenvalue weighted by molar-refractivity contribution is -0.168. The average Bonchev–Trinajstić information content (AvgIpc) is 2.34. The van der Waals surface area contributed by atoms with Crippen LogP contribution in [0.15, 0.2) is 0 Å². The van der Waals surface area contributed by atoms with Gasteiger partial charge >= 0.3 is 11.9 Å². The molecule has 1 amide bonds. The SMILES string of the molecule is CCOC(=O)C(CCC=O)(NC(C)=O)C(=O)OCC. The first-order valence-electron chi connectivity index (χ1n) is 6.01. The highest BCUT2D eigenvalue weighted by Gasteiger charge is 2.49. The summed E-state index contributed by atoms with van der Waals surface area (Å²) in [6.07, 6.45) is 0.265. The van der Waals surface area contributed by atoms with Gasteiger partial charge in [-0.2, -0.15) is 0 Å². The van der Waals surface area contributed by atoms with Crippen LogP contribution in [0.1, 0.15) is 33.6 Å². The van der Waals surface area contributed by atoms with E-state index < -0.39 is 23.4 Å². The lowest BCUT2D eigenvalue weighted by Crippen LogP contribution is -2.61. The summed E-state index contributed by atoms with van der Waals surface area (Å²) in [4.78, 5) is 45.6. The Balaban J connectivity index is 5.40. The fourth-order valence-electron chi connectivity index (χ4n) is 1.54. The van der Waals surface area contributed by atoms with Gasteiger partial charge in [-0.15, -0.1) is 0 Å². The van der Waals surface area contributed by atoms with Crippen LogP contribution < -0.4 is 5.32 Å². The smallest absolute Gasteiger partial charge is 0.343 e. The molecule has 0 aliphatic carbocycles. The summed E-state index contributed by atoms with van der Waals surface area (Å²) in [5.41, 5.74) is -1.96. The number of carbonyl (C=O) groups is 4. The van der Waals surface area contributed by atoms with Crippen LogP contribution in [0.3, 0.4) is 0 Å². The minimum atomic E-state index is -1.96. The van der Waals surface area contributed by atoms with E-state index in [1.165, 1.54) is 0 Å². The Labute approximate surface area is 111 Å². The van der Waals surface area contributed by atoms with Crippen LogP contribution in [0.5, 0.6) is 0 Å². The van der Waals surface area contributed by atoms with E-state index in [0.29, 0.717) is 6.29 Å². The molecule has 0 heterocycles. The van der Waals surface area contributed by atoms with Crippen molar-refractivity contribution in [1.82, 2.24) is 5.32 Å². The molecule has 0 aromatic rings. The highest BCUT2D eigenvalue weighted by molar-refractivity contribution is 6.07. The molecule has 0 fully saturated rings. The fourth-order valence-corrected chi connectivity index (χ4v) is 1.54. The zero-order valence-electron chi connectivity index (χ0n) is 11.4. The van der Waals surface area contributed by atoms with E-state index >= 15 is 0 Å². The maximum absolute atomic E-state index is 12.0. The topological polar surface area (TPSA) is 98.8 Å². The van der Waals surface area contributed by atoms with E-state index in [2.05, 4.69) is 5.32 Å². The van der Waals surface area contributed by atoms with Gasteiger partial charge in [-0.1, -0.05) is 0 Å². The number of aldehydes is 1. The Kier molecular flexibility index (Phi) is 7.40. The molecule has 0 saturated heterocycles. The molecule has 0 spiro atoms. The molecular formula is C12H19NO6. The molecule has 7 nitrogen and oxygen atoms in total. The molecule has 0 bridgehead atoms. The van der Waals surface area contributed by atoms with E-state index in [0.717, 1.165) is 6.92 Å². The average molecular weight is 273 g/mol. The van der Waals surface area contributed by atoms with Gasteiger partial charge in [-0.05, 0) is 20.3 Å². The Hall–Kier alpha value is -1.92. The van der Waals surface area contributed by atoms with Crippen molar-refractivity contribution in [2.24, 2.45) is 0 Å². The van der Waals surface area contributed by atoms with Crippen molar-refractivity contribution < 1.29 is 28.7 Å². The van der Waals surface area contributed by atoms with E-state index in [-0.39, 0.29) is 26.1 Å². The number of hydrogen-bond donors (Lipinski definition) is 1. The van der Waals surface area contributed by atoms with Gasteiger partial charge in [0.25, 0.3) is 0 Å². The monoisotopic (exact) mass is 273 g/mol. The summed E-state index contributed by atoms with van der Waals surface area (Å²) in [6.45, 7) is 4.39. The lowest BCUT2D eigenvalue weighted by atomic mass is 9.93. The highest BCUT2D eigenvalue weighted by Crippen LogP contribution is 2.18. The maximum atomic E-state index is 12.0. The van der Waals surface area contributed by atoms with Crippen LogP contribution in [-0.2, 0) is 28.7 Å². The molecule has 0 radical (unpaired) electrons. The Morgan fingerprint density at radius 2 is 1.58 bits per heavy atom. The van der Waals surface area contributed by atoms with Crippen LogP contribution in [0.4, 0.5) is 0 Å². The summed E-state index contributed by atoms with van der Waals surface area (Å²) in [7, 11) is 0. The van der Waals surface area contributed by atoms with Crippen LogP contribution in [0, 0.1) is 0 Å². The number of ether oxygens (including phenoxy) is 2. The fraction of sp³-hybridized carbons (Fsp3) is 0.667. The summed E-state index contributed by atoms with van der Waals surface area (Å²) in [5, 5.41) is 2.25. The van der Waals surface area contributed by atoms with E-state index in [9.17, 15) is 19.2 Å².